The summed E-state index contributed by atoms with van der Waals surface area (Å²) in [6.45, 7) is 14.1. The lowest BCUT2D eigenvalue weighted by Crippen LogP contribution is -2.21. The van der Waals surface area contributed by atoms with E-state index in [0.717, 1.165) is 17.7 Å². The van der Waals surface area contributed by atoms with Gasteiger partial charge in [-0.15, -0.1) is 0 Å². The van der Waals surface area contributed by atoms with Crippen LogP contribution in [0.2, 0.25) is 0 Å². The average molecular weight is 327 g/mol. The van der Waals surface area contributed by atoms with E-state index in [0.29, 0.717) is 11.8 Å². The van der Waals surface area contributed by atoms with Crippen LogP contribution in [-0.2, 0) is 5.41 Å². The summed E-state index contributed by atoms with van der Waals surface area (Å²) in [7, 11) is 0. The summed E-state index contributed by atoms with van der Waals surface area (Å²) < 4.78 is 6.10. The molecule has 19 heavy (non-hydrogen) atoms. The quantitative estimate of drug-likeness (QED) is 0.664. The zero-order valence-corrected chi connectivity index (χ0v) is 14.7. The molecule has 0 aliphatic carbocycles. The normalized spacial score (nSPS) is 13.7. The Morgan fingerprint density at radius 1 is 1.21 bits per heavy atom. The molecule has 108 valence electrons. The smallest absolute Gasteiger partial charge is 0.123 e. The minimum Gasteiger partial charge on any atom is -0.493 e. The van der Waals surface area contributed by atoms with Crippen LogP contribution in [0.1, 0.15) is 45.7 Å². The molecule has 0 spiro atoms. The molecule has 1 nitrogen and oxygen atoms in total. The van der Waals surface area contributed by atoms with Gasteiger partial charge in [0.2, 0.25) is 0 Å². The van der Waals surface area contributed by atoms with Crippen molar-refractivity contribution in [3.63, 3.8) is 0 Å². The maximum Gasteiger partial charge on any atom is 0.123 e. The standard InChI is InChI=1S/C17H27BrO/c1-12(2)14(10-18)11-19-16-8-7-13(3)9-15(16)17(4,5)6/h7-9,12,14H,10-11H2,1-6H3. The van der Waals surface area contributed by atoms with Crippen molar-refractivity contribution in [2.45, 2.75) is 47.0 Å². The maximum absolute atomic E-state index is 6.10. The van der Waals surface area contributed by atoms with Crippen LogP contribution in [0.25, 0.3) is 0 Å². The van der Waals surface area contributed by atoms with Gasteiger partial charge in [0.1, 0.15) is 5.75 Å². The zero-order valence-electron chi connectivity index (χ0n) is 13.1. The molecule has 0 aliphatic rings. The Bertz CT molecular complexity index is 404. The molecule has 1 aromatic carbocycles. The number of benzene rings is 1. The summed E-state index contributed by atoms with van der Waals surface area (Å²) in [6, 6.07) is 6.48. The minimum atomic E-state index is 0.114. The molecule has 0 saturated carbocycles. The Labute approximate surface area is 126 Å². The van der Waals surface area contributed by atoms with Crippen molar-refractivity contribution in [3.8, 4) is 5.75 Å². The second-order valence-corrected chi connectivity index (χ2v) is 7.37. The van der Waals surface area contributed by atoms with Crippen LogP contribution in [0.3, 0.4) is 0 Å². The predicted molar refractivity (Wildman–Crippen MR) is 87.5 cm³/mol. The Kier molecular flexibility index (Phi) is 5.91. The molecular formula is C17H27BrO. The molecule has 0 aromatic heterocycles. The number of ether oxygens (including phenoxy) is 1. The highest BCUT2D eigenvalue weighted by atomic mass is 79.9. The van der Waals surface area contributed by atoms with Gasteiger partial charge >= 0.3 is 0 Å². The zero-order chi connectivity index (χ0) is 14.6. The fourth-order valence-corrected chi connectivity index (χ4v) is 2.90. The van der Waals surface area contributed by atoms with Crippen LogP contribution in [0.5, 0.6) is 5.75 Å². The van der Waals surface area contributed by atoms with E-state index < -0.39 is 0 Å². The maximum atomic E-state index is 6.10. The summed E-state index contributed by atoms with van der Waals surface area (Å²) in [4.78, 5) is 0. The molecule has 2 heteroatoms. The van der Waals surface area contributed by atoms with E-state index in [1.807, 2.05) is 0 Å². The van der Waals surface area contributed by atoms with Crippen LogP contribution in [-0.4, -0.2) is 11.9 Å². The van der Waals surface area contributed by atoms with Crippen LogP contribution in [0.15, 0.2) is 18.2 Å². The van der Waals surface area contributed by atoms with Gasteiger partial charge in [0.25, 0.3) is 0 Å². The molecule has 0 bridgehead atoms. The van der Waals surface area contributed by atoms with Gasteiger partial charge in [0.05, 0.1) is 6.61 Å². The summed E-state index contributed by atoms with van der Waals surface area (Å²) in [5.41, 5.74) is 2.70. The molecule has 0 fully saturated rings. The van der Waals surface area contributed by atoms with Crippen LogP contribution in [0, 0.1) is 18.8 Å². The number of halogens is 1. The van der Waals surface area contributed by atoms with E-state index in [4.69, 9.17) is 4.74 Å². The molecule has 0 radical (unpaired) electrons. The van der Waals surface area contributed by atoms with E-state index in [2.05, 4.69) is 75.7 Å². The highest BCUT2D eigenvalue weighted by Crippen LogP contribution is 2.32. The molecule has 0 saturated heterocycles. The van der Waals surface area contributed by atoms with Crippen molar-refractivity contribution in [2.75, 3.05) is 11.9 Å². The molecule has 1 aromatic rings. The van der Waals surface area contributed by atoms with E-state index in [-0.39, 0.29) is 5.41 Å². The summed E-state index contributed by atoms with van der Waals surface area (Å²) >= 11 is 3.58. The lowest BCUT2D eigenvalue weighted by Gasteiger charge is -2.25. The molecule has 0 heterocycles. The number of hydrogen-bond donors (Lipinski definition) is 0. The van der Waals surface area contributed by atoms with E-state index in [9.17, 15) is 0 Å². The average Bonchev–Trinajstić information content (AvgIpc) is 2.29. The van der Waals surface area contributed by atoms with E-state index in [1.54, 1.807) is 0 Å². The third-order valence-corrected chi connectivity index (χ3v) is 4.37. The van der Waals surface area contributed by atoms with Crippen molar-refractivity contribution in [1.29, 1.82) is 0 Å². The first kappa shape index (κ1) is 16.6. The lowest BCUT2D eigenvalue weighted by atomic mass is 9.85. The third kappa shape index (κ3) is 4.83. The fraction of sp³-hybridized carbons (Fsp3) is 0.647. The Balaban J connectivity index is 2.89. The second kappa shape index (κ2) is 6.78. The molecular weight excluding hydrogens is 300 g/mol. The van der Waals surface area contributed by atoms with Crippen molar-refractivity contribution in [1.82, 2.24) is 0 Å². The number of rotatable bonds is 5. The Hall–Kier alpha value is -0.500. The largest absolute Gasteiger partial charge is 0.493 e. The van der Waals surface area contributed by atoms with Gasteiger partial charge < -0.3 is 4.74 Å². The molecule has 0 amide bonds. The van der Waals surface area contributed by atoms with E-state index in [1.165, 1.54) is 11.1 Å². The van der Waals surface area contributed by atoms with E-state index >= 15 is 0 Å². The molecule has 1 atom stereocenters. The number of hydrogen-bond acceptors (Lipinski definition) is 1. The van der Waals surface area contributed by atoms with Crippen molar-refractivity contribution >= 4 is 15.9 Å². The SMILES string of the molecule is Cc1ccc(OCC(CBr)C(C)C)c(C(C)(C)C)c1. The monoisotopic (exact) mass is 326 g/mol. The van der Waals surface area contributed by atoms with Gasteiger partial charge in [-0.3, -0.25) is 0 Å². The third-order valence-electron chi connectivity index (χ3n) is 3.54. The molecule has 0 N–H and O–H groups in total. The molecule has 1 rings (SSSR count). The van der Waals surface area contributed by atoms with Crippen LogP contribution in [0.4, 0.5) is 0 Å². The number of alkyl halides is 1. The lowest BCUT2D eigenvalue weighted by molar-refractivity contribution is 0.223. The van der Waals surface area contributed by atoms with Crippen LogP contribution < -0.4 is 4.74 Å². The number of aryl methyl sites for hydroxylation is 1. The summed E-state index contributed by atoms with van der Waals surface area (Å²) in [5, 5.41) is 0.987. The summed E-state index contributed by atoms with van der Waals surface area (Å²) in [5.74, 6) is 2.21. The fourth-order valence-electron chi connectivity index (χ4n) is 1.97. The Morgan fingerprint density at radius 2 is 1.84 bits per heavy atom. The second-order valence-electron chi connectivity index (χ2n) is 6.72. The van der Waals surface area contributed by atoms with Crippen molar-refractivity contribution < 1.29 is 4.74 Å². The van der Waals surface area contributed by atoms with Gasteiger partial charge in [-0.25, -0.2) is 0 Å². The van der Waals surface area contributed by atoms with Gasteiger partial charge in [-0.1, -0.05) is 68.2 Å². The first-order valence-corrected chi connectivity index (χ1v) is 8.17. The first-order valence-electron chi connectivity index (χ1n) is 7.05. The van der Waals surface area contributed by atoms with Gasteiger partial charge in [-0.05, 0) is 29.9 Å². The highest BCUT2D eigenvalue weighted by Gasteiger charge is 2.20. The topological polar surface area (TPSA) is 9.23 Å². The van der Waals surface area contributed by atoms with Gasteiger partial charge in [0, 0.05) is 11.2 Å². The Morgan fingerprint density at radius 3 is 2.32 bits per heavy atom. The van der Waals surface area contributed by atoms with Crippen molar-refractivity contribution in [2.24, 2.45) is 11.8 Å². The van der Waals surface area contributed by atoms with Gasteiger partial charge in [0.15, 0.2) is 0 Å². The summed E-state index contributed by atoms with van der Waals surface area (Å²) in [6.07, 6.45) is 0. The van der Waals surface area contributed by atoms with Crippen molar-refractivity contribution in [3.05, 3.63) is 29.3 Å². The van der Waals surface area contributed by atoms with Gasteiger partial charge in [-0.2, -0.15) is 0 Å². The minimum absolute atomic E-state index is 0.114. The highest BCUT2D eigenvalue weighted by molar-refractivity contribution is 9.09. The molecule has 0 aliphatic heterocycles. The van der Waals surface area contributed by atoms with Crippen LogP contribution >= 0.6 is 15.9 Å². The first-order chi connectivity index (χ1) is 8.75. The molecule has 1 unspecified atom stereocenters. The predicted octanol–water partition coefficient (Wildman–Crippen LogP) is 5.34.